The first-order chi connectivity index (χ1) is 18.0. The Labute approximate surface area is 217 Å². The van der Waals surface area contributed by atoms with Gasteiger partial charge in [0.05, 0.1) is 48.9 Å². The molecular weight excluding hydrogens is 497 g/mol. The van der Waals surface area contributed by atoms with Crippen LogP contribution in [-0.2, 0) is 4.74 Å². The van der Waals surface area contributed by atoms with Crippen LogP contribution < -0.4 is 15.6 Å². The zero-order chi connectivity index (χ0) is 25.6. The number of halogens is 2. The van der Waals surface area contributed by atoms with Crippen molar-refractivity contribution in [1.29, 1.82) is 0 Å². The highest BCUT2D eigenvalue weighted by Crippen LogP contribution is 2.28. The van der Waals surface area contributed by atoms with Crippen molar-refractivity contribution < 1.29 is 9.13 Å². The van der Waals surface area contributed by atoms with Gasteiger partial charge in [0.25, 0.3) is 0 Å². The fourth-order valence-electron chi connectivity index (χ4n) is 3.71. The van der Waals surface area contributed by atoms with Crippen molar-refractivity contribution >= 4 is 41.0 Å². The maximum Gasteiger partial charge on any atom is 0.245 e. The van der Waals surface area contributed by atoms with Crippen LogP contribution in [0.1, 0.15) is 11.5 Å². The van der Waals surface area contributed by atoms with Crippen LogP contribution in [0.15, 0.2) is 60.1 Å². The second-order valence-corrected chi connectivity index (χ2v) is 8.59. The third kappa shape index (κ3) is 6.32. The lowest BCUT2D eigenvalue weighted by Gasteiger charge is -2.27. The van der Waals surface area contributed by atoms with Gasteiger partial charge in [-0.05, 0) is 43.3 Å². The van der Waals surface area contributed by atoms with Gasteiger partial charge in [-0.2, -0.15) is 10.1 Å². The van der Waals surface area contributed by atoms with Gasteiger partial charge >= 0.3 is 0 Å². The normalized spacial score (nSPS) is 13.6. The molecule has 12 heteroatoms. The first-order valence-electron chi connectivity index (χ1n) is 11.5. The van der Waals surface area contributed by atoms with E-state index in [1.807, 2.05) is 42.2 Å². The first kappa shape index (κ1) is 24.5. The highest BCUT2D eigenvalue weighted by molar-refractivity contribution is 6.31. The Morgan fingerprint density at radius 1 is 1.03 bits per heavy atom. The summed E-state index contributed by atoms with van der Waals surface area (Å²) in [5, 5.41) is 8.01. The lowest BCUT2D eigenvalue weighted by molar-refractivity contribution is 0.122. The molecule has 37 heavy (non-hydrogen) atoms. The molecule has 10 nitrogen and oxygen atoms in total. The molecule has 1 aromatic carbocycles. The van der Waals surface area contributed by atoms with Gasteiger partial charge in [-0.25, -0.2) is 24.8 Å². The molecule has 1 saturated heterocycles. The molecular formula is C25H23ClFN9O. The fraction of sp³-hybridized carbons (Fsp3) is 0.200. The topological polar surface area (TPSA) is 113 Å². The summed E-state index contributed by atoms with van der Waals surface area (Å²) in [7, 11) is 0. The zero-order valence-electron chi connectivity index (χ0n) is 19.9. The molecule has 1 aliphatic rings. The van der Waals surface area contributed by atoms with E-state index in [0.717, 1.165) is 28.8 Å². The summed E-state index contributed by atoms with van der Waals surface area (Å²) in [6, 6.07) is 11.2. The van der Waals surface area contributed by atoms with Crippen molar-refractivity contribution in [3.8, 4) is 11.3 Å². The first-order valence-corrected chi connectivity index (χ1v) is 11.9. The van der Waals surface area contributed by atoms with Gasteiger partial charge in [-0.15, -0.1) is 0 Å². The summed E-state index contributed by atoms with van der Waals surface area (Å²) in [5.74, 6) is 0.614. The van der Waals surface area contributed by atoms with Crippen LogP contribution in [-0.4, -0.2) is 57.4 Å². The number of hydrazone groups is 1. The molecule has 0 saturated carbocycles. The maximum atomic E-state index is 14.2. The van der Waals surface area contributed by atoms with Crippen molar-refractivity contribution in [1.82, 2.24) is 24.9 Å². The second-order valence-electron chi connectivity index (χ2n) is 8.15. The predicted octanol–water partition coefficient (Wildman–Crippen LogP) is 4.46. The molecule has 188 valence electrons. The molecule has 0 bridgehead atoms. The van der Waals surface area contributed by atoms with E-state index in [9.17, 15) is 4.39 Å². The smallest absolute Gasteiger partial charge is 0.245 e. The van der Waals surface area contributed by atoms with Gasteiger partial charge in [-0.3, -0.25) is 4.98 Å². The van der Waals surface area contributed by atoms with Crippen LogP contribution in [0.2, 0.25) is 5.02 Å². The van der Waals surface area contributed by atoms with E-state index in [-0.39, 0.29) is 11.8 Å². The highest BCUT2D eigenvalue weighted by Gasteiger charge is 2.17. The van der Waals surface area contributed by atoms with Crippen LogP contribution in [0.3, 0.4) is 0 Å². The molecule has 3 aromatic heterocycles. The monoisotopic (exact) mass is 519 g/mol. The van der Waals surface area contributed by atoms with Gasteiger partial charge in [-0.1, -0.05) is 11.6 Å². The van der Waals surface area contributed by atoms with Gasteiger partial charge < -0.3 is 15.0 Å². The van der Waals surface area contributed by atoms with Gasteiger partial charge in [0.2, 0.25) is 5.95 Å². The van der Waals surface area contributed by atoms with Crippen molar-refractivity contribution in [2.75, 3.05) is 41.9 Å². The molecule has 2 N–H and O–H groups in total. The Bertz CT molecular complexity index is 1410. The summed E-state index contributed by atoms with van der Waals surface area (Å²) in [6.45, 7) is 4.03. The molecule has 1 aliphatic heterocycles. The van der Waals surface area contributed by atoms with Crippen LogP contribution in [0.25, 0.3) is 11.3 Å². The van der Waals surface area contributed by atoms with E-state index in [1.165, 1.54) is 6.21 Å². The Hall–Kier alpha value is -4.22. The number of morpholine rings is 1. The van der Waals surface area contributed by atoms with Crippen LogP contribution in [0, 0.1) is 12.7 Å². The second kappa shape index (κ2) is 11.2. The van der Waals surface area contributed by atoms with E-state index in [1.54, 1.807) is 18.5 Å². The standard InChI is InChI=1S/C25H23ClFN9O/c1-16-28-5-4-23(32-16)17-10-18(26)12-21(11-17)33-20-3-2-19(29-13-20)14-31-35-25-30-15-22(27)24(34-25)36-6-8-37-9-7-36/h2-5,10-15,33H,6-9H2,1H3,(H,30,34,35)/b31-14+. The summed E-state index contributed by atoms with van der Waals surface area (Å²) in [4.78, 5) is 23.0. The van der Waals surface area contributed by atoms with E-state index >= 15 is 0 Å². The number of benzene rings is 1. The molecule has 1 fully saturated rings. The van der Waals surface area contributed by atoms with E-state index in [2.05, 4.69) is 40.8 Å². The molecule has 0 atom stereocenters. The van der Waals surface area contributed by atoms with Gasteiger partial charge in [0.1, 0.15) is 5.82 Å². The van der Waals surface area contributed by atoms with Crippen molar-refractivity contribution in [2.24, 2.45) is 5.10 Å². The SMILES string of the molecule is Cc1nccc(-c2cc(Cl)cc(Nc3ccc(/C=N/Nc4ncc(F)c(N5CCOCC5)n4)nc3)c2)n1. The van der Waals surface area contributed by atoms with Crippen molar-refractivity contribution in [2.45, 2.75) is 6.92 Å². The molecule has 0 spiro atoms. The number of hydrogen-bond donors (Lipinski definition) is 2. The number of anilines is 4. The molecule has 0 aliphatic carbocycles. The van der Waals surface area contributed by atoms with Crippen LogP contribution >= 0.6 is 11.6 Å². The molecule has 4 aromatic rings. The largest absolute Gasteiger partial charge is 0.378 e. The molecule has 5 rings (SSSR count). The number of hydrogen-bond acceptors (Lipinski definition) is 10. The summed E-state index contributed by atoms with van der Waals surface area (Å²) in [5.41, 5.74) is 6.58. The van der Waals surface area contributed by atoms with Crippen molar-refractivity contribution in [3.05, 3.63) is 77.3 Å². The highest BCUT2D eigenvalue weighted by atomic mass is 35.5. The summed E-state index contributed by atoms with van der Waals surface area (Å²) in [6.07, 6.45) is 6.05. The Kier molecular flexibility index (Phi) is 7.43. The Morgan fingerprint density at radius 2 is 1.89 bits per heavy atom. The molecule has 0 amide bonds. The molecule has 0 unspecified atom stereocenters. The minimum absolute atomic E-state index is 0.188. The van der Waals surface area contributed by atoms with E-state index < -0.39 is 5.82 Å². The third-order valence-corrected chi connectivity index (χ3v) is 5.66. The lowest BCUT2D eigenvalue weighted by Crippen LogP contribution is -2.37. The Morgan fingerprint density at radius 3 is 2.68 bits per heavy atom. The number of ether oxygens (including phenoxy) is 1. The van der Waals surface area contributed by atoms with Crippen LogP contribution in [0.4, 0.5) is 27.5 Å². The van der Waals surface area contributed by atoms with Gasteiger partial charge in [0, 0.05) is 35.6 Å². The van der Waals surface area contributed by atoms with Gasteiger partial charge in [0.15, 0.2) is 11.6 Å². The molecule has 0 radical (unpaired) electrons. The number of rotatable bonds is 7. The fourth-order valence-corrected chi connectivity index (χ4v) is 3.95. The molecule has 4 heterocycles. The number of aromatic nitrogens is 5. The van der Waals surface area contributed by atoms with Crippen molar-refractivity contribution in [3.63, 3.8) is 0 Å². The average Bonchev–Trinajstić information content (AvgIpc) is 2.91. The average molecular weight is 520 g/mol. The minimum atomic E-state index is -0.486. The predicted molar refractivity (Wildman–Crippen MR) is 141 cm³/mol. The summed E-state index contributed by atoms with van der Waals surface area (Å²) < 4.78 is 19.5. The zero-order valence-corrected chi connectivity index (χ0v) is 20.7. The number of pyridine rings is 1. The Balaban J connectivity index is 1.23. The number of nitrogens with zero attached hydrogens (tertiary/aromatic N) is 7. The minimum Gasteiger partial charge on any atom is -0.378 e. The van der Waals surface area contributed by atoms with Crippen LogP contribution in [0.5, 0.6) is 0 Å². The quantitative estimate of drug-likeness (QED) is 0.270. The number of nitrogens with one attached hydrogen (secondary N) is 2. The summed E-state index contributed by atoms with van der Waals surface area (Å²) >= 11 is 6.34. The maximum absolute atomic E-state index is 14.2. The van der Waals surface area contributed by atoms with E-state index in [4.69, 9.17) is 16.3 Å². The third-order valence-electron chi connectivity index (χ3n) is 5.44. The lowest BCUT2D eigenvalue weighted by atomic mass is 10.1. The van der Waals surface area contributed by atoms with E-state index in [0.29, 0.717) is 42.8 Å². The number of aryl methyl sites for hydroxylation is 1.